The number of fused-ring (bicyclic) bond motifs is 1. The summed E-state index contributed by atoms with van der Waals surface area (Å²) in [7, 11) is 0. The number of aromatic hydroxyl groups is 1. The van der Waals surface area contributed by atoms with Crippen LogP contribution in [0.15, 0.2) is 12.3 Å². The van der Waals surface area contributed by atoms with Crippen LogP contribution in [-0.4, -0.2) is 32.1 Å². The number of nitrogens with zero attached hydrogens (tertiary/aromatic N) is 3. The molecule has 1 amide bonds. The molecule has 2 rings (SSSR count). The first-order valence-corrected chi connectivity index (χ1v) is 6.37. The minimum atomic E-state index is -0.123. The minimum Gasteiger partial charge on any atom is -0.480 e. The second-order valence-electron chi connectivity index (χ2n) is 4.28. The molecule has 0 aromatic carbocycles. The van der Waals surface area contributed by atoms with E-state index in [0.29, 0.717) is 22.7 Å². The first-order valence-electron chi connectivity index (χ1n) is 5.99. The molecule has 0 aliphatic heterocycles. The number of aromatic nitrogens is 3. The lowest BCUT2D eigenvalue weighted by atomic mass is 10.2. The maximum atomic E-state index is 11.0. The number of nitrogens with one attached hydrogen (secondary N) is 1. The molecule has 0 saturated heterocycles. The molecule has 0 radical (unpaired) electrons. The van der Waals surface area contributed by atoms with E-state index in [9.17, 15) is 9.90 Å². The zero-order valence-electron chi connectivity index (χ0n) is 10.7. The Hall–Kier alpha value is -1.82. The standard InChI is InChI=1S/C12H15ClN4O2/c1-3-9(6-14-7(2)18)17-10-4-8(13)5-15-11(10)16-12(17)19/h4-5,9H,3,6H2,1-2H3,(H,14,18)(H,15,16,19)/t9-/m0/s1. The quantitative estimate of drug-likeness (QED) is 0.897. The van der Waals surface area contributed by atoms with Gasteiger partial charge in [-0.15, -0.1) is 0 Å². The van der Waals surface area contributed by atoms with Gasteiger partial charge in [0.25, 0.3) is 6.01 Å². The van der Waals surface area contributed by atoms with E-state index in [4.69, 9.17) is 11.6 Å². The second-order valence-corrected chi connectivity index (χ2v) is 4.71. The molecular weight excluding hydrogens is 268 g/mol. The summed E-state index contributed by atoms with van der Waals surface area (Å²) in [6.45, 7) is 3.84. The van der Waals surface area contributed by atoms with Gasteiger partial charge in [0.05, 0.1) is 16.6 Å². The van der Waals surface area contributed by atoms with Crippen molar-refractivity contribution >= 4 is 28.7 Å². The van der Waals surface area contributed by atoms with Crippen LogP contribution in [0.1, 0.15) is 26.3 Å². The van der Waals surface area contributed by atoms with Crippen LogP contribution in [0.25, 0.3) is 11.2 Å². The van der Waals surface area contributed by atoms with Crippen molar-refractivity contribution in [1.29, 1.82) is 0 Å². The third kappa shape index (κ3) is 2.78. The van der Waals surface area contributed by atoms with Gasteiger partial charge in [-0.25, -0.2) is 4.98 Å². The molecule has 6 nitrogen and oxygen atoms in total. The van der Waals surface area contributed by atoms with Gasteiger partial charge in [0.15, 0.2) is 5.65 Å². The van der Waals surface area contributed by atoms with E-state index >= 15 is 0 Å². The molecule has 2 N–H and O–H groups in total. The summed E-state index contributed by atoms with van der Waals surface area (Å²) in [4.78, 5) is 19.1. The topological polar surface area (TPSA) is 80.0 Å². The van der Waals surface area contributed by atoms with Crippen LogP contribution >= 0.6 is 11.6 Å². The Labute approximate surface area is 115 Å². The van der Waals surface area contributed by atoms with Crippen LogP contribution in [-0.2, 0) is 4.79 Å². The summed E-state index contributed by atoms with van der Waals surface area (Å²) in [5.74, 6) is -0.112. The van der Waals surface area contributed by atoms with Gasteiger partial charge in [-0.1, -0.05) is 18.5 Å². The van der Waals surface area contributed by atoms with Crippen LogP contribution in [0.2, 0.25) is 5.02 Å². The van der Waals surface area contributed by atoms with Crippen molar-refractivity contribution in [1.82, 2.24) is 19.9 Å². The molecule has 0 bridgehead atoms. The fourth-order valence-corrected chi connectivity index (χ4v) is 2.13. The lowest BCUT2D eigenvalue weighted by Gasteiger charge is -2.18. The van der Waals surface area contributed by atoms with Crippen LogP contribution in [0, 0.1) is 0 Å². The Bertz CT molecular complexity index is 611. The van der Waals surface area contributed by atoms with Gasteiger partial charge in [0.1, 0.15) is 0 Å². The van der Waals surface area contributed by atoms with Crippen LogP contribution in [0.4, 0.5) is 0 Å². The average Bonchev–Trinajstić information content (AvgIpc) is 2.66. The van der Waals surface area contributed by atoms with Crippen molar-refractivity contribution in [3.05, 3.63) is 17.3 Å². The summed E-state index contributed by atoms with van der Waals surface area (Å²) in [5.41, 5.74) is 1.09. The van der Waals surface area contributed by atoms with E-state index in [1.54, 1.807) is 10.6 Å². The molecule has 2 aromatic heterocycles. The number of pyridine rings is 1. The fraction of sp³-hybridized carbons (Fsp3) is 0.417. The summed E-state index contributed by atoms with van der Waals surface area (Å²) in [5, 5.41) is 13.2. The van der Waals surface area contributed by atoms with E-state index < -0.39 is 0 Å². The summed E-state index contributed by atoms with van der Waals surface area (Å²) in [6.07, 6.45) is 2.21. The maximum Gasteiger partial charge on any atom is 0.296 e. The Morgan fingerprint density at radius 1 is 1.63 bits per heavy atom. The predicted octanol–water partition coefficient (Wildman–Crippen LogP) is 1.88. The molecule has 0 fully saturated rings. The van der Waals surface area contributed by atoms with E-state index in [1.165, 1.54) is 13.1 Å². The summed E-state index contributed by atoms with van der Waals surface area (Å²) >= 11 is 5.92. The molecule has 1 atom stereocenters. The third-order valence-corrected chi connectivity index (χ3v) is 3.12. The molecule has 0 spiro atoms. The van der Waals surface area contributed by atoms with Gasteiger partial charge in [-0.3, -0.25) is 9.36 Å². The molecule has 102 valence electrons. The van der Waals surface area contributed by atoms with Gasteiger partial charge in [-0.05, 0) is 12.5 Å². The number of imidazole rings is 1. The van der Waals surface area contributed by atoms with Gasteiger partial charge < -0.3 is 10.4 Å². The van der Waals surface area contributed by atoms with Crippen molar-refractivity contribution in [3.8, 4) is 6.01 Å². The SMILES string of the molecule is CC[C@@H](CNC(C)=O)n1c(O)nc2ncc(Cl)cc21. The van der Waals surface area contributed by atoms with Crippen molar-refractivity contribution in [2.24, 2.45) is 0 Å². The average molecular weight is 283 g/mol. The highest BCUT2D eigenvalue weighted by Gasteiger charge is 2.18. The third-order valence-electron chi connectivity index (χ3n) is 2.92. The van der Waals surface area contributed by atoms with Crippen LogP contribution in [0.3, 0.4) is 0 Å². The van der Waals surface area contributed by atoms with E-state index in [0.717, 1.165) is 6.42 Å². The number of halogens is 1. The molecule has 2 aromatic rings. The number of rotatable bonds is 4. The summed E-state index contributed by atoms with van der Waals surface area (Å²) in [6, 6.07) is 1.48. The number of carbonyl (C=O) groups excluding carboxylic acids is 1. The van der Waals surface area contributed by atoms with Crippen molar-refractivity contribution in [3.63, 3.8) is 0 Å². The molecule has 0 aliphatic rings. The first-order chi connectivity index (χ1) is 9.02. The smallest absolute Gasteiger partial charge is 0.296 e. The molecule has 19 heavy (non-hydrogen) atoms. The van der Waals surface area contributed by atoms with E-state index in [1.807, 2.05) is 6.92 Å². The maximum absolute atomic E-state index is 11.0. The second kappa shape index (κ2) is 5.44. The summed E-state index contributed by atoms with van der Waals surface area (Å²) < 4.78 is 1.64. The Balaban J connectivity index is 2.43. The lowest BCUT2D eigenvalue weighted by molar-refractivity contribution is -0.119. The molecule has 2 heterocycles. The van der Waals surface area contributed by atoms with Gasteiger partial charge in [0.2, 0.25) is 5.91 Å². The number of hydrogen-bond donors (Lipinski definition) is 2. The monoisotopic (exact) mass is 282 g/mol. The fourth-order valence-electron chi connectivity index (χ4n) is 1.98. The van der Waals surface area contributed by atoms with Gasteiger partial charge in [0, 0.05) is 19.7 Å². The highest BCUT2D eigenvalue weighted by atomic mass is 35.5. The highest BCUT2D eigenvalue weighted by Crippen LogP contribution is 2.27. The Morgan fingerprint density at radius 3 is 3.00 bits per heavy atom. The number of carbonyl (C=O) groups is 1. The van der Waals surface area contributed by atoms with Crippen LogP contribution in [0.5, 0.6) is 6.01 Å². The van der Waals surface area contributed by atoms with Gasteiger partial charge in [-0.2, -0.15) is 4.98 Å². The number of amides is 1. The zero-order valence-corrected chi connectivity index (χ0v) is 11.5. The molecular formula is C12H15ClN4O2. The molecule has 0 saturated carbocycles. The Kier molecular flexibility index (Phi) is 3.90. The van der Waals surface area contributed by atoms with E-state index in [2.05, 4.69) is 15.3 Å². The van der Waals surface area contributed by atoms with Crippen molar-refractivity contribution in [2.75, 3.05) is 6.54 Å². The first kappa shape index (κ1) is 13.6. The van der Waals surface area contributed by atoms with E-state index in [-0.39, 0.29) is 18.0 Å². The molecule has 0 aliphatic carbocycles. The lowest BCUT2D eigenvalue weighted by Crippen LogP contribution is -2.28. The zero-order chi connectivity index (χ0) is 14.0. The highest BCUT2D eigenvalue weighted by molar-refractivity contribution is 6.31. The van der Waals surface area contributed by atoms with Crippen molar-refractivity contribution in [2.45, 2.75) is 26.3 Å². The minimum absolute atomic E-state index is 0.103. The predicted molar refractivity (Wildman–Crippen MR) is 72.2 cm³/mol. The molecule has 0 unspecified atom stereocenters. The number of hydrogen-bond acceptors (Lipinski definition) is 4. The largest absolute Gasteiger partial charge is 0.480 e. The van der Waals surface area contributed by atoms with Gasteiger partial charge >= 0.3 is 0 Å². The Morgan fingerprint density at radius 2 is 2.37 bits per heavy atom. The normalized spacial score (nSPS) is 12.6. The van der Waals surface area contributed by atoms with Crippen molar-refractivity contribution < 1.29 is 9.90 Å². The molecule has 7 heteroatoms. The van der Waals surface area contributed by atoms with Crippen LogP contribution < -0.4 is 5.32 Å².